The summed E-state index contributed by atoms with van der Waals surface area (Å²) in [5.74, 6) is 0.729. The lowest BCUT2D eigenvalue weighted by Gasteiger charge is -2.26. The monoisotopic (exact) mass is 471 g/mol. The third kappa shape index (κ3) is 5.38. The van der Waals surface area contributed by atoms with E-state index in [0.29, 0.717) is 23.7 Å². The summed E-state index contributed by atoms with van der Waals surface area (Å²) in [6, 6.07) is 18.5. The van der Waals surface area contributed by atoms with E-state index in [1.54, 1.807) is 4.68 Å². The van der Waals surface area contributed by atoms with Gasteiger partial charge in [0.2, 0.25) is 5.13 Å². The van der Waals surface area contributed by atoms with Crippen LogP contribution in [0.1, 0.15) is 25.0 Å². The SMILES string of the molecule is CC(C)(c1ccccc1)c1ccc(OCC(O)Cn2nc(N3CCOCC3)sc2=S)cc1. The van der Waals surface area contributed by atoms with E-state index in [1.165, 1.54) is 22.5 Å². The molecule has 6 nitrogen and oxygen atoms in total. The van der Waals surface area contributed by atoms with Crippen molar-refractivity contribution in [3.63, 3.8) is 0 Å². The van der Waals surface area contributed by atoms with E-state index in [9.17, 15) is 5.11 Å². The van der Waals surface area contributed by atoms with Crippen LogP contribution in [0.15, 0.2) is 54.6 Å². The highest BCUT2D eigenvalue weighted by Gasteiger charge is 2.23. The average Bonchev–Trinajstić information content (AvgIpc) is 3.19. The fraction of sp³-hybridized carbons (Fsp3) is 0.417. The van der Waals surface area contributed by atoms with Gasteiger partial charge in [0.15, 0.2) is 3.95 Å². The predicted octanol–water partition coefficient (Wildman–Crippen LogP) is 4.28. The van der Waals surface area contributed by atoms with E-state index in [-0.39, 0.29) is 12.0 Å². The van der Waals surface area contributed by atoms with Gasteiger partial charge in [-0.15, -0.1) is 5.10 Å². The molecule has 0 radical (unpaired) electrons. The van der Waals surface area contributed by atoms with Crippen LogP contribution in [0.25, 0.3) is 0 Å². The summed E-state index contributed by atoms with van der Waals surface area (Å²) in [6.45, 7) is 7.92. The van der Waals surface area contributed by atoms with Crippen LogP contribution in [0.5, 0.6) is 5.75 Å². The van der Waals surface area contributed by atoms with Crippen LogP contribution < -0.4 is 9.64 Å². The van der Waals surface area contributed by atoms with Crippen LogP contribution in [0, 0.1) is 3.95 Å². The highest BCUT2D eigenvalue weighted by Crippen LogP contribution is 2.32. The lowest BCUT2D eigenvalue weighted by molar-refractivity contribution is 0.0889. The number of aliphatic hydroxyl groups excluding tert-OH is 1. The van der Waals surface area contributed by atoms with E-state index < -0.39 is 6.10 Å². The fourth-order valence-electron chi connectivity index (χ4n) is 3.73. The van der Waals surface area contributed by atoms with Crippen molar-refractivity contribution in [2.75, 3.05) is 37.8 Å². The van der Waals surface area contributed by atoms with Gasteiger partial charge in [-0.1, -0.05) is 67.6 Å². The molecule has 0 spiro atoms. The molecule has 170 valence electrons. The van der Waals surface area contributed by atoms with E-state index >= 15 is 0 Å². The Balaban J connectivity index is 1.33. The van der Waals surface area contributed by atoms with Crippen molar-refractivity contribution in [3.05, 3.63) is 69.7 Å². The van der Waals surface area contributed by atoms with Gasteiger partial charge in [0, 0.05) is 18.5 Å². The van der Waals surface area contributed by atoms with Crippen molar-refractivity contribution in [1.82, 2.24) is 9.78 Å². The van der Waals surface area contributed by atoms with E-state index in [2.05, 4.69) is 60.2 Å². The van der Waals surface area contributed by atoms with Crippen LogP contribution in [-0.4, -0.2) is 53.9 Å². The third-order valence-electron chi connectivity index (χ3n) is 5.77. The second-order valence-corrected chi connectivity index (χ2v) is 10.0. The summed E-state index contributed by atoms with van der Waals surface area (Å²) in [6.07, 6.45) is -0.707. The van der Waals surface area contributed by atoms with Crippen molar-refractivity contribution in [2.45, 2.75) is 31.9 Å². The number of rotatable bonds is 8. The first-order valence-corrected chi connectivity index (χ1v) is 12.0. The molecule has 3 aromatic rings. The Morgan fingerprint density at radius 1 is 1.09 bits per heavy atom. The molecule has 1 fully saturated rings. The molecule has 0 bridgehead atoms. The maximum absolute atomic E-state index is 10.5. The number of anilines is 1. The highest BCUT2D eigenvalue weighted by atomic mass is 32.1. The zero-order valence-electron chi connectivity index (χ0n) is 18.4. The van der Waals surface area contributed by atoms with Gasteiger partial charge in [0.1, 0.15) is 18.5 Å². The van der Waals surface area contributed by atoms with Crippen LogP contribution >= 0.6 is 23.6 Å². The van der Waals surface area contributed by atoms with Crippen LogP contribution in [0.2, 0.25) is 0 Å². The van der Waals surface area contributed by atoms with Gasteiger partial charge >= 0.3 is 0 Å². The third-order valence-corrected chi connectivity index (χ3v) is 7.14. The number of morpholine rings is 1. The molecule has 0 saturated carbocycles. The first kappa shape index (κ1) is 22.9. The standard InChI is InChI=1S/C24H29N3O3S2/c1-24(2,18-6-4-3-5-7-18)19-8-10-21(11-9-19)30-17-20(28)16-27-23(31)32-22(25-27)26-12-14-29-15-13-26/h3-11,20,28H,12-17H2,1-2H3. The summed E-state index contributed by atoms with van der Waals surface area (Å²) in [5, 5.41) is 15.9. The maximum Gasteiger partial charge on any atom is 0.207 e. The average molecular weight is 472 g/mol. The number of hydrogen-bond donors (Lipinski definition) is 1. The van der Waals surface area contributed by atoms with Gasteiger partial charge in [0.25, 0.3) is 0 Å². The number of hydrogen-bond acceptors (Lipinski definition) is 7. The Bertz CT molecular complexity index is 1060. The minimum Gasteiger partial charge on any atom is -0.491 e. The summed E-state index contributed by atoms with van der Waals surface area (Å²) in [4.78, 5) is 2.17. The van der Waals surface area contributed by atoms with Crippen molar-refractivity contribution in [2.24, 2.45) is 0 Å². The molecule has 1 unspecified atom stereocenters. The molecule has 0 aliphatic carbocycles. The maximum atomic E-state index is 10.5. The van der Waals surface area contributed by atoms with Gasteiger partial charge < -0.3 is 19.5 Å². The molecule has 2 aromatic carbocycles. The second kappa shape index (κ2) is 10.1. The minimum atomic E-state index is -0.707. The van der Waals surface area contributed by atoms with Gasteiger partial charge in [-0.3, -0.25) is 0 Å². The zero-order valence-corrected chi connectivity index (χ0v) is 20.1. The summed E-state index contributed by atoms with van der Waals surface area (Å²) < 4.78 is 13.6. The molecule has 1 N–H and O–H groups in total. The van der Waals surface area contributed by atoms with E-state index in [0.717, 1.165) is 24.0 Å². The molecule has 1 atom stereocenters. The van der Waals surface area contributed by atoms with Crippen molar-refractivity contribution < 1.29 is 14.6 Å². The Kier molecular flexibility index (Phi) is 7.25. The zero-order chi connectivity index (χ0) is 22.6. The molecule has 2 heterocycles. The Hall–Kier alpha value is -2.26. The smallest absolute Gasteiger partial charge is 0.207 e. The molecular formula is C24H29N3O3S2. The number of aliphatic hydroxyl groups is 1. The van der Waals surface area contributed by atoms with E-state index in [4.69, 9.17) is 21.7 Å². The van der Waals surface area contributed by atoms with Gasteiger partial charge in [0.05, 0.1) is 19.8 Å². The van der Waals surface area contributed by atoms with Crippen molar-refractivity contribution in [3.8, 4) is 5.75 Å². The molecule has 1 aromatic heterocycles. The molecule has 8 heteroatoms. The molecule has 1 saturated heterocycles. The number of nitrogens with zero attached hydrogens (tertiary/aromatic N) is 3. The van der Waals surface area contributed by atoms with E-state index in [1.807, 2.05) is 18.2 Å². The molecule has 4 rings (SSSR count). The van der Waals surface area contributed by atoms with Gasteiger partial charge in [-0.25, -0.2) is 4.68 Å². The van der Waals surface area contributed by atoms with Crippen molar-refractivity contribution in [1.29, 1.82) is 0 Å². The van der Waals surface area contributed by atoms with Crippen LogP contribution in [0.3, 0.4) is 0 Å². The Morgan fingerprint density at radius 2 is 1.75 bits per heavy atom. The Labute approximate surface area is 198 Å². The van der Waals surface area contributed by atoms with Gasteiger partial charge in [-0.05, 0) is 35.5 Å². The van der Waals surface area contributed by atoms with Gasteiger partial charge in [-0.2, -0.15) is 0 Å². The Morgan fingerprint density at radius 3 is 2.44 bits per heavy atom. The molecular weight excluding hydrogens is 442 g/mol. The second-order valence-electron chi connectivity index (χ2n) is 8.41. The predicted molar refractivity (Wildman–Crippen MR) is 130 cm³/mol. The molecule has 0 amide bonds. The molecule has 1 aliphatic heterocycles. The first-order valence-electron chi connectivity index (χ1n) is 10.8. The number of aromatic nitrogens is 2. The first-order chi connectivity index (χ1) is 15.4. The van der Waals surface area contributed by atoms with Crippen LogP contribution in [0.4, 0.5) is 5.13 Å². The summed E-state index contributed by atoms with van der Waals surface area (Å²) in [7, 11) is 0. The van der Waals surface area contributed by atoms with Crippen molar-refractivity contribution >= 4 is 28.7 Å². The lowest BCUT2D eigenvalue weighted by atomic mass is 9.78. The lowest BCUT2D eigenvalue weighted by Crippen LogP contribution is -2.36. The quantitative estimate of drug-likeness (QED) is 0.495. The minimum absolute atomic E-state index is 0.0986. The van der Waals surface area contributed by atoms with Crippen LogP contribution in [-0.2, 0) is 16.7 Å². The fourth-order valence-corrected chi connectivity index (χ4v) is 4.89. The largest absolute Gasteiger partial charge is 0.491 e. The highest BCUT2D eigenvalue weighted by molar-refractivity contribution is 7.73. The number of ether oxygens (including phenoxy) is 2. The number of benzene rings is 2. The summed E-state index contributed by atoms with van der Waals surface area (Å²) >= 11 is 6.90. The topological polar surface area (TPSA) is 59.8 Å². The summed E-state index contributed by atoms with van der Waals surface area (Å²) in [5.41, 5.74) is 2.38. The normalized spacial score (nSPS) is 15.5. The molecule has 1 aliphatic rings. The molecule has 32 heavy (non-hydrogen) atoms.